The molecule has 7 heteroatoms. The summed E-state index contributed by atoms with van der Waals surface area (Å²) in [4.78, 5) is 25.5. The van der Waals surface area contributed by atoms with E-state index in [9.17, 15) is 14.0 Å². The Bertz CT molecular complexity index is 874. The monoisotopic (exact) mass is 332 g/mol. The van der Waals surface area contributed by atoms with Crippen LogP contribution in [-0.2, 0) is 4.79 Å². The lowest BCUT2D eigenvalue weighted by molar-refractivity contribution is 0.557. The molecule has 1 radical (unpaired) electrons. The molecule has 2 aromatic rings. The maximum Gasteiger partial charge on any atom is 0.240 e. The van der Waals surface area contributed by atoms with Gasteiger partial charge in [-0.2, -0.15) is 0 Å². The maximum atomic E-state index is 14.6. The molecule has 1 aromatic carbocycles. The molecule has 0 saturated carbocycles. The molecule has 0 bridgehead atoms. The molecule has 0 unspecified atom stereocenters. The predicted octanol–water partition coefficient (Wildman–Crippen LogP) is 1.63. The Labute approximate surface area is 136 Å². The van der Waals surface area contributed by atoms with Gasteiger partial charge in [0.2, 0.25) is 11.7 Å². The van der Waals surface area contributed by atoms with Gasteiger partial charge in [-0.3, -0.25) is 9.59 Å². The summed E-state index contributed by atoms with van der Waals surface area (Å²) in [6.07, 6.45) is 1.72. The van der Waals surface area contributed by atoms with Crippen molar-refractivity contribution in [1.82, 2.24) is 9.88 Å². The minimum Gasteiger partial charge on any atom is -0.367 e. The Morgan fingerprint density at radius 1 is 1.35 bits per heavy atom. The number of fused-ring (bicyclic) bond motifs is 3. The van der Waals surface area contributed by atoms with Crippen LogP contribution in [0.25, 0.3) is 10.9 Å². The van der Waals surface area contributed by atoms with E-state index in [4.69, 9.17) is 0 Å². The van der Waals surface area contributed by atoms with E-state index in [-0.39, 0.29) is 16.3 Å². The van der Waals surface area contributed by atoms with Gasteiger partial charge in [0.05, 0.1) is 21.6 Å². The minimum atomic E-state index is -0.439. The molecule has 0 aliphatic carbocycles. The second-order valence-electron chi connectivity index (χ2n) is 5.76. The van der Waals surface area contributed by atoms with E-state index in [1.165, 1.54) is 17.8 Å². The van der Waals surface area contributed by atoms with Gasteiger partial charge in [-0.05, 0) is 19.1 Å². The quantitative estimate of drug-likeness (QED) is 0.906. The molecular weight excluding hydrogens is 317 g/mol. The number of aromatic nitrogens is 1. The molecule has 4 rings (SSSR count). The summed E-state index contributed by atoms with van der Waals surface area (Å²) in [6.45, 7) is 5.06. The number of hydrogen-bond acceptors (Lipinski definition) is 5. The zero-order chi connectivity index (χ0) is 16.1. The number of piperazine rings is 1. The highest BCUT2D eigenvalue weighted by atomic mass is 32.2. The standard InChI is InChI=1S/C16H15FN3O2S/c1-9-20-13-7-14(19-4-2-18-3-5-19)12(17)6-10(13)15(22)11(8-21)16(20)23-9/h6-7,9,18H,2-5H2,1H3/t9-/m0/s1. The van der Waals surface area contributed by atoms with Crippen molar-refractivity contribution in [3.8, 4) is 0 Å². The number of nitrogens with one attached hydrogen (secondary N) is 1. The highest BCUT2D eigenvalue weighted by Gasteiger charge is 2.30. The second-order valence-corrected chi connectivity index (χ2v) is 7.06. The fourth-order valence-electron chi connectivity index (χ4n) is 3.27. The summed E-state index contributed by atoms with van der Waals surface area (Å²) >= 11 is 1.46. The predicted molar refractivity (Wildman–Crippen MR) is 88.6 cm³/mol. The molecular formula is C16H15FN3O2S. The van der Waals surface area contributed by atoms with Crippen molar-refractivity contribution in [3.63, 3.8) is 0 Å². The van der Waals surface area contributed by atoms with Crippen molar-refractivity contribution >= 4 is 34.6 Å². The number of thioether (sulfide) groups is 1. The van der Waals surface area contributed by atoms with Crippen LogP contribution in [-0.4, -0.2) is 37.0 Å². The fraction of sp³-hybridized carbons (Fsp3) is 0.375. The van der Waals surface area contributed by atoms with E-state index in [1.54, 1.807) is 12.4 Å². The second kappa shape index (κ2) is 5.35. The van der Waals surface area contributed by atoms with E-state index in [0.29, 0.717) is 16.2 Å². The van der Waals surface area contributed by atoms with Crippen LogP contribution < -0.4 is 15.6 Å². The van der Waals surface area contributed by atoms with Crippen molar-refractivity contribution in [2.24, 2.45) is 0 Å². The summed E-state index contributed by atoms with van der Waals surface area (Å²) in [5.41, 5.74) is 0.770. The van der Waals surface area contributed by atoms with Crippen molar-refractivity contribution in [2.75, 3.05) is 31.1 Å². The molecule has 1 N–H and O–H groups in total. The zero-order valence-electron chi connectivity index (χ0n) is 12.6. The van der Waals surface area contributed by atoms with Crippen LogP contribution in [0.1, 0.15) is 17.9 Å². The molecule has 1 fully saturated rings. The van der Waals surface area contributed by atoms with Crippen LogP contribution >= 0.6 is 11.8 Å². The third-order valence-electron chi connectivity index (χ3n) is 4.43. The summed E-state index contributed by atoms with van der Waals surface area (Å²) in [6, 6.07) is 3.00. The van der Waals surface area contributed by atoms with Crippen LogP contribution in [0.4, 0.5) is 10.1 Å². The molecule has 0 spiro atoms. The van der Waals surface area contributed by atoms with E-state index in [1.807, 2.05) is 16.4 Å². The van der Waals surface area contributed by atoms with Gasteiger partial charge in [0.15, 0.2) is 0 Å². The van der Waals surface area contributed by atoms with Crippen molar-refractivity contribution in [2.45, 2.75) is 17.3 Å². The number of benzene rings is 1. The van der Waals surface area contributed by atoms with Crippen LogP contribution in [0.2, 0.25) is 0 Å². The SMILES string of the molecule is C[C@@H]1Sc2c([C]=O)c(=O)c3cc(F)c(N4CCNCC4)cc3n21. The van der Waals surface area contributed by atoms with E-state index in [0.717, 1.165) is 26.2 Å². The van der Waals surface area contributed by atoms with Gasteiger partial charge >= 0.3 is 0 Å². The van der Waals surface area contributed by atoms with Gasteiger partial charge in [-0.15, -0.1) is 0 Å². The Morgan fingerprint density at radius 2 is 2.09 bits per heavy atom. The number of hydrogen-bond donors (Lipinski definition) is 1. The Balaban J connectivity index is 1.98. The third kappa shape index (κ3) is 2.10. The fourth-order valence-corrected chi connectivity index (χ4v) is 4.38. The number of anilines is 1. The smallest absolute Gasteiger partial charge is 0.240 e. The highest BCUT2D eigenvalue weighted by Crippen LogP contribution is 2.46. The molecule has 1 saturated heterocycles. The van der Waals surface area contributed by atoms with Crippen molar-refractivity contribution in [3.05, 3.63) is 33.7 Å². The first-order valence-electron chi connectivity index (χ1n) is 7.54. The highest BCUT2D eigenvalue weighted by molar-refractivity contribution is 8.00. The average molecular weight is 332 g/mol. The largest absolute Gasteiger partial charge is 0.367 e. The molecule has 1 atom stereocenters. The lowest BCUT2D eigenvalue weighted by Crippen LogP contribution is -2.44. The van der Waals surface area contributed by atoms with Gasteiger partial charge in [-0.1, -0.05) is 11.8 Å². The maximum absolute atomic E-state index is 14.6. The molecule has 0 amide bonds. The van der Waals surface area contributed by atoms with Crippen molar-refractivity contribution in [1.29, 1.82) is 0 Å². The first-order valence-corrected chi connectivity index (χ1v) is 8.42. The molecule has 2 aliphatic heterocycles. The van der Waals surface area contributed by atoms with Gasteiger partial charge in [-0.25, -0.2) is 4.39 Å². The Morgan fingerprint density at radius 3 is 2.74 bits per heavy atom. The van der Waals surface area contributed by atoms with Gasteiger partial charge < -0.3 is 14.8 Å². The first-order chi connectivity index (χ1) is 11.1. The van der Waals surface area contributed by atoms with Crippen LogP contribution in [0.3, 0.4) is 0 Å². The number of pyridine rings is 1. The minimum absolute atomic E-state index is 0.00919. The zero-order valence-corrected chi connectivity index (χ0v) is 13.4. The van der Waals surface area contributed by atoms with Crippen LogP contribution in [0.15, 0.2) is 22.0 Å². The summed E-state index contributed by atoms with van der Waals surface area (Å²) in [5.74, 6) is -0.423. The number of halogens is 1. The molecule has 1 aromatic heterocycles. The number of carbonyl (C=O) groups excluding carboxylic acids is 1. The third-order valence-corrected chi connectivity index (χ3v) is 5.61. The van der Waals surface area contributed by atoms with E-state index < -0.39 is 11.2 Å². The lowest BCUT2D eigenvalue weighted by Gasteiger charge is -2.34. The first kappa shape index (κ1) is 14.7. The van der Waals surface area contributed by atoms with E-state index in [2.05, 4.69) is 5.32 Å². The topological polar surface area (TPSA) is 54.3 Å². The molecule has 5 nitrogen and oxygen atoms in total. The Hall–Kier alpha value is -1.86. The summed E-state index contributed by atoms with van der Waals surface area (Å²) in [7, 11) is 0. The molecule has 2 aliphatic rings. The summed E-state index contributed by atoms with van der Waals surface area (Å²) < 4.78 is 16.5. The molecule has 119 valence electrons. The van der Waals surface area contributed by atoms with E-state index >= 15 is 0 Å². The molecule has 23 heavy (non-hydrogen) atoms. The van der Waals surface area contributed by atoms with Gasteiger partial charge in [0, 0.05) is 31.6 Å². The van der Waals surface area contributed by atoms with Crippen LogP contribution in [0, 0.1) is 5.82 Å². The van der Waals surface area contributed by atoms with Gasteiger partial charge in [0.1, 0.15) is 11.4 Å². The normalized spacial score (nSPS) is 20.3. The van der Waals surface area contributed by atoms with Crippen molar-refractivity contribution < 1.29 is 9.18 Å². The number of nitrogens with zero attached hydrogens (tertiary/aromatic N) is 2. The summed E-state index contributed by atoms with van der Waals surface area (Å²) in [5, 5.41) is 4.22. The Kier molecular flexibility index (Phi) is 3.42. The van der Waals surface area contributed by atoms with Crippen LogP contribution in [0.5, 0.6) is 0 Å². The lowest BCUT2D eigenvalue weighted by atomic mass is 10.1. The number of rotatable bonds is 2. The molecule has 3 heterocycles. The average Bonchev–Trinajstić information content (AvgIpc) is 2.55. The van der Waals surface area contributed by atoms with Gasteiger partial charge in [0.25, 0.3) is 0 Å².